The smallest absolute Gasteiger partial charge is 0.0704 e. The number of rotatable bonds is 1. The van der Waals surface area contributed by atoms with Crippen LogP contribution in [0.2, 0.25) is 0 Å². The van der Waals surface area contributed by atoms with Crippen molar-refractivity contribution in [2.75, 3.05) is 0 Å². The number of hydrogen-bond acceptors (Lipinski definition) is 1. The predicted molar refractivity (Wildman–Crippen MR) is 37.9 cm³/mol. The summed E-state index contributed by atoms with van der Waals surface area (Å²) >= 11 is 0. The molecule has 0 aliphatic heterocycles. The summed E-state index contributed by atoms with van der Waals surface area (Å²) in [5.74, 6) is 0.913. The van der Waals surface area contributed by atoms with Crippen LogP contribution in [0.5, 0.6) is 0 Å². The van der Waals surface area contributed by atoms with Gasteiger partial charge in [-0.25, -0.2) is 0 Å². The van der Waals surface area contributed by atoms with E-state index < -0.39 is 0 Å². The van der Waals surface area contributed by atoms with Gasteiger partial charge < -0.3 is 4.74 Å². The fraction of sp³-hybridized carbons (Fsp3) is 0.875. The van der Waals surface area contributed by atoms with Crippen LogP contribution in [0.25, 0.3) is 0 Å². The lowest BCUT2D eigenvalue weighted by Crippen LogP contribution is -2.17. The molecule has 1 nitrogen and oxygen atoms in total. The zero-order valence-electron chi connectivity index (χ0n) is 6.10. The van der Waals surface area contributed by atoms with E-state index in [0.29, 0.717) is 6.10 Å². The molecule has 0 aromatic carbocycles. The van der Waals surface area contributed by atoms with E-state index in [1.54, 1.807) is 0 Å². The van der Waals surface area contributed by atoms with Crippen molar-refractivity contribution < 1.29 is 4.74 Å². The third-order valence-corrected chi connectivity index (χ3v) is 2.20. The van der Waals surface area contributed by atoms with Crippen LogP contribution in [0, 0.1) is 13.0 Å². The third-order valence-electron chi connectivity index (χ3n) is 2.20. The summed E-state index contributed by atoms with van der Waals surface area (Å²) in [6.45, 7) is 2.30. The van der Waals surface area contributed by atoms with Crippen molar-refractivity contribution in [3.63, 3.8) is 0 Å². The Balaban J connectivity index is 2.18. The van der Waals surface area contributed by atoms with Gasteiger partial charge in [0.2, 0.25) is 0 Å². The Morgan fingerprint density at radius 2 is 1.78 bits per heavy atom. The van der Waals surface area contributed by atoms with E-state index in [-0.39, 0.29) is 0 Å². The first-order valence-corrected chi connectivity index (χ1v) is 3.73. The fourth-order valence-electron chi connectivity index (χ4n) is 1.40. The van der Waals surface area contributed by atoms with Gasteiger partial charge in [-0.1, -0.05) is 6.92 Å². The second-order valence-electron chi connectivity index (χ2n) is 3.05. The average molecular weight is 127 g/mol. The van der Waals surface area contributed by atoms with Crippen molar-refractivity contribution in [1.29, 1.82) is 0 Å². The molecule has 1 aliphatic carbocycles. The molecule has 9 heavy (non-hydrogen) atoms. The maximum Gasteiger partial charge on any atom is 0.0704 e. The Bertz CT molecular complexity index is 72.6. The Kier molecular flexibility index (Phi) is 2.52. The van der Waals surface area contributed by atoms with E-state index in [1.807, 2.05) is 0 Å². The normalized spacial score (nSPS) is 36.7. The van der Waals surface area contributed by atoms with Crippen molar-refractivity contribution in [3.05, 3.63) is 7.11 Å². The van der Waals surface area contributed by atoms with Gasteiger partial charge in [0, 0.05) is 0 Å². The predicted octanol–water partition coefficient (Wildman–Crippen LogP) is 2.37. The highest BCUT2D eigenvalue weighted by Crippen LogP contribution is 2.24. The molecule has 1 radical (unpaired) electrons. The van der Waals surface area contributed by atoms with Gasteiger partial charge in [0.05, 0.1) is 13.2 Å². The lowest BCUT2D eigenvalue weighted by Gasteiger charge is -2.24. The number of ether oxygens (including phenoxy) is 1. The van der Waals surface area contributed by atoms with Crippen LogP contribution in [0.1, 0.15) is 32.6 Å². The minimum Gasteiger partial charge on any atom is -0.376 e. The Morgan fingerprint density at radius 1 is 1.22 bits per heavy atom. The van der Waals surface area contributed by atoms with Crippen molar-refractivity contribution >= 4 is 0 Å². The maximum atomic E-state index is 4.99. The SMILES string of the molecule is [CH2]OC1CCC(C)CC1. The van der Waals surface area contributed by atoms with Crippen molar-refractivity contribution in [1.82, 2.24) is 0 Å². The van der Waals surface area contributed by atoms with Crippen LogP contribution >= 0.6 is 0 Å². The molecular weight excluding hydrogens is 112 g/mol. The van der Waals surface area contributed by atoms with Crippen LogP contribution in [0.4, 0.5) is 0 Å². The molecular formula is C8H15O. The monoisotopic (exact) mass is 127 g/mol. The van der Waals surface area contributed by atoms with Crippen molar-refractivity contribution in [3.8, 4) is 0 Å². The van der Waals surface area contributed by atoms with Gasteiger partial charge in [0.25, 0.3) is 0 Å². The lowest BCUT2D eigenvalue weighted by atomic mass is 9.89. The first-order valence-electron chi connectivity index (χ1n) is 3.73. The molecule has 0 heterocycles. The molecule has 1 fully saturated rings. The fourth-order valence-corrected chi connectivity index (χ4v) is 1.40. The quantitative estimate of drug-likeness (QED) is 0.525. The third kappa shape index (κ3) is 1.98. The summed E-state index contributed by atoms with van der Waals surface area (Å²) in [7, 11) is 3.43. The molecule has 1 rings (SSSR count). The minimum absolute atomic E-state index is 0.459. The Morgan fingerprint density at radius 3 is 2.22 bits per heavy atom. The van der Waals surface area contributed by atoms with Gasteiger partial charge in [-0.05, 0) is 31.6 Å². The second kappa shape index (κ2) is 3.21. The molecule has 1 heteroatoms. The first kappa shape index (κ1) is 7.07. The topological polar surface area (TPSA) is 9.23 Å². The molecule has 0 spiro atoms. The maximum absolute atomic E-state index is 4.99. The molecule has 1 saturated carbocycles. The van der Waals surface area contributed by atoms with Crippen LogP contribution in [0.3, 0.4) is 0 Å². The second-order valence-corrected chi connectivity index (χ2v) is 3.05. The van der Waals surface area contributed by atoms with E-state index in [4.69, 9.17) is 4.74 Å². The Labute approximate surface area is 57.4 Å². The first-order chi connectivity index (χ1) is 4.33. The van der Waals surface area contributed by atoms with Crippen LogP contribution in [-0.2, 0) is 4.74 Å². The van der Waals surface area contributed by atoms with E-state index in [1.165, 1.54) is 25.7 Å². The summed E-state index contributed by atoms with van der Waals surface area (Å²) in [6.07, 6.45) is 5.52. The average Bonchev–Trinajstić information content (AvgIpc) is 1.90. The largest absolute Gasteiger partial charge is 0.376 e. The van der Waals surface area contributed by atoms with E-state index in [9.17, 15) is 0 Å². The summed E-state index contributed by atoms with van der Waals surface area (Å²) in [6, 6.07) is 0. The van der Waals surface area contributed by atoms with Gasteiger partial charge in [0.1, 0.15) is 0 Å². The molecule has 0 bridgehead atoms. The van der Waals surface area contributed by atoms with Gasteiger partial charge in [-0.15, -0.1) is 0 Å². The van der Waals surface area contributed by atoms with Gasteiger partial charge in [-0.2, -0.15) is 0 Å². The summed E-state index contributed by atoms with van der Waals surface area (Å²) in [5, 5.41) is 0. The van der Waals surface area contributed by atoms with Crippen LogP contribution in [-0.4, -0.2) is 6.10 Å². The highest BCUT2D eigenvalue weighted by molar-refractivity contribution is 4.69. The van der Waals surface area contributed by atoms with Gasteiger partial charge in [0.15, 0.2) is 0 Å². The highest BCUT2D eigenvalue weighted by Gasteiger charge is 2.16. The van der Waals surface area contributed by atoms with Crippen LogP contribution in [0.15, 0.2) is 0 Å². The summed E-state index contributed by atoms with van der Waals surface area (Å²) < 4.78 is 4.99. The van der Waals surface area contributed by atoms with E-state index in [0.717, 1.165) is 5.92 Å². The molecule has 0 N–H and O–H groups in total. The molecule has 0 amide bonds. The molecule has 1 aliphatic rings. The van der Waals surface area contributed by atoms with Crippen molar-refractivity contribution in [2.24, 2.45) is 5.92 Å². The van der Waals surface area contributed by atoms with Gasteiger partial charge >= 0.3 is 0 Å². The standard InChI is InChI=1S/C8H15O/c1-7-3-5-8(9-2)6-4-7/h7-8H,2-6H2,1H3. The highest BCUT2D eigenvalue weighted by atomic mass is 16.5. The molecule has 0 unspecified atom stereocenters. The molecule has 53 valence electrons. The lowest BCUT2D eigenvalue weighted by molar-refractivity contribution is 0.0866. The van der Waals surface area contributed by atoms with Gasteiger partial charge in [-0.3, -0.25) is 0 Å². The molecule has 0 aromatic rings. The van der Waals surface area contributed by atoms with E-state index in [2.05, 4.69) is 14.0 Å². The summed E-state index contributed by atoms with van der Waals surface area (Å²) in [5.41, 5.74) is 0. The van der Waals surface area contributed by atoms with Crippen molar-refractivity contribution in [2.45, 2.75) is 38.7 Å². The number of hydrogen-bond donors (Lipinski definition) is 0. The summed E-state index contributed by atoms with van der Waals surface area (Å²) in [4.78, 5) is 0. The molecule has 0 atom stereocenters. The van der Waals surface area contributed by atoms with E-state index >= 15 is 0 Å². The zero-order chi connectivity index (χ0) is 6.69. The molecule has 0 saturated heterocycles. The van der Waals surface area contributed by atoms with Crippen LogP contribution < -0.4 is 0 Å². The minimum atomic E-state index is 0.459. The Hall–Kier alpha value is -0.0400. The zero-order valence-corrected chi connectivity index (χ0v) is 6.10. The molecule has 0 aromatic heterocycles.